The number of quaternary nitrogens is 1. The van der Waals surface area contributed by atoms with Gasteiger partial charge in [-0.1, -0.05) is 89.0 Å². The summed E-state index contributed by atoms with van der Waals surface area (Å²) in [5, 5.41) is 0. The van der Waals surface area contributed by atoms with E-state index in [1.165, 1.54) is 69.8 Å². The Hall–Kier alpha value is -1.15. The van der Waals surface area contributed by atoms with E-state index in [4.69, 9.17) is 0 Å². The second kappa shape index (κ2) is 12.2. The van der Waals surface area contributed by atoms with Crippen LogP contribution in [0.1, 0.15) is 87.1 Å². The van der Waals surface area contributed by atoms with Crippen LogP contribution in [-0.4, -0.2) is 38.0 Å². The summed E-state index contributed by atoms with van der Waals surface area (Å²) in [7, 11) is 6.16. The highest BCUT2D eigenvalue weighted by atomic mass is 16.1. The van der Waals surface area contributed by atoms with Gasteiger partial charge in [-0.2, -0.15) is 0 Å². The summed E-state index contributed by atoms with van der Waals surface area (Å²) in [5.41, 5.74) is 2.21. The van der Waals surface area contributed by atoms with Gasteiger partial charge in [-0.15, -0.1) is 0 Å². The molecule has 142 valence electrons. The van der Waals surface area contributed by atoms with Crippen LogP contribution >= 0.6 is 0 Å². The summed E-state index contributed by atoms with van der Waals surface area (Å²) >= 11 is 0. The van der Waals surface area contributed by atoms with E-state index >= 15 is 0 Å². The van der Waals surface area contributed by atoms with Crippen molar-refractivity contribution >= 4 is 5.78 Å². The first-order valence-electron chi connectivity index (χ1n) is 10.3. The summed E-state index contributed by atoms with van der Waals surface area (Å²) in [5.74, 6) is 0.234. The van der Waals surface area contributed by atoms with E-state index in [0.717, 1.165) is 12.0 Å². The lowest BCUT2D eigenvalue weighted by molar-refractivity contribution is -0.861. The fourth-order valence-corrected chi connectivity index (χ4v) is 3.20. The maximum Gasteiger partial charge on any atom is 0.216 e. The molecule has 0 atom stereocenters. The second-order valence-electron chi connectivity index (χ2n) is 8.50. The van der Waals surface area contributed by atoms with E-state index in [1.807, 2.05) is 12.1 Å². The molecule has 0 unspecified atom stereocenters. The minimum absolute atomic E-state index is 0.234. The van der Waals surface area contributed by atoms with Crippen LogP contribution in [0.3, 0.4) is 0 Å². The maximum absolute atomic E-state index is 12.2. The monoisotopic (exact) mass is 346 g/mol. The Morgan fingerprint density at radius 3 is 1.72 bits per heavy atom. The van der Waals surface area contributed by atoms with Crippen molar-refractivity contribution < 1.29 is 9.28 Å². The molecule has 0 aliphatic rings. The van der Waals surface area contributed by atoms with Crippen molar-refractivity contribution in [1.29, 1.82) is 0 Å². The van der Waals surface area contributed by atoms with Gasteiger partial charge in [-0.25, -0.2) is 0 Å². The summed E-state index contributed by atoms with van der Waals surface area (Å²) in [6.45, 7) is 2.83. The maximum atomic E-state index is 12.2. The van der Waals surface area contributed by atoms with Gasteiger partial charge in [0.1, 0.15) is 6.54 Å². The molecule has 0 saturated heterocycles. The fourth-order valence-electron chi connectivity index (χ4n) is 3.20. The lowest BCUT2D eigenvalue weighted by Crippen LogP contribution is -2.39. The molecule has 1 aromatic carbocycles. The summed E-state index contributed by atoms with van der Waals surface area (Å²) in [4.78, 5) is 12.2. The molecule has 1 rings (SSSR count). The van der Waals surface area contributed by atoms with Gasteiger partial charge in [0.05, 0.1) is 21.1 Å². The number of rotatable bonds is 14. The Kier molecular flexibility index (Phi) is 10.7. The van der Waals surface area contributed by atoms with E-state index in [9.17, 15) is 4.79 Å². The van der Waals surface area contributed by atoms with Crippen LogP contribution in [0.4, 0.5) is 0 Å². The number of benzene rings is 1. The SMILES string of the molecule is CCCCCCCCCCCCc1ccc(C(=O)C[N+](C)(C)C)cc1. The lowest BCUT2D eigenvalue weighted by Gasteiger charge is -2.22. The summed E-state index contributed by atoms with van der Waals surface area (Å²) in [6, 6.07) is 8.28. The van der Waals surface area contributed by atoms with Crippen molar-refractivity contribution in [2.24, 2.45) is 0 Å². The van der Waals surface area contributed by atoms with Crippen LogP contribution in [0.2, 0.25) is 0 Å². The zero-order chi connectivity index (χ0) is 18.5. The van der Waals surface area contributed by atoms with Crippen LogP contribution in [0.25, 0.3) is 0 Å². The number of nitrogens with zero attached hydrogens (tertiary/aromatic N) is 1. The van der Waals surface area contributed by atoms with Crippen molar-refractivity contribution in [3.8, 4) is 0 Å². The first-order chi connectivity index (χ1) is 11.9. The highest BCUT2D eigenvalue weighted by Gasteiger charge is 2.15. The van der Waals surface area contributed by atoms with Gasteiger partial charge in [0.15, 0.2) is 0 Å². The normalized spacial score (nSPS) is 11.7. The molecule has 0 fully saturated rings. The molecule has 0 aliphatic carbocycles. The Balaban J connectivity index is 2.13. The number of hydrogen-bond donors (Lipinski definition) is 0. The van der Waals surface area contributed by atoms with E-state index in [1.54, 1.807) is 0 Å². The topological polar surface area (TPSA) is 17.1 Å². The average molecular weight is 347 g/mol. The molecule has 0 spiro atoms. The van der Waals surface area contributed by atoms with Gasteiger partial charge < -0.3 is 4.48 Å². The molecule has 0 amide bonds. The first kappa shape index (κ1) is 21.9. The molecule has 0 radical (unpaired) electrons. The number of aryl methyl sites for hydroxylation is 1. The summed E-state index contributed by atoms with van der Waals surface area (Å²) in [6.07, 6.45) is 14.9. The van der Waals surface area contributed by atoms with Crippen molar-refractivity contribution in [3.63, 3.8) is 0 Å². The number of unbranched alkanes of at least 4 members (excludes halogenated alkanes) is 9. The third kappa shape index (κ3) is 11.1. The fraction of sp³-hybridized carbons (Fsp3) is 0.696. The molecule has 2 heteroatoms. The first-order valence-corrected chi connectivity index (χ1v) is 10.3. The third-order valence-corrected chi connectivity index (χ3v) is 4.71. The second-order valence-corrected chi connectivity index (χ2v) is 8.50. The van der Waals surface area contributed by atoms with Gasteiger partial charge in [0, 0.05) is 5.56 Å². The largest absolute Gasteiger partial charge is 0.324 e. The molecule has 0 aromatic heterocycles. The van der Waals surface area contributed by atoms with Crippen LogP contribution in [-0.2, 0) is 6.42 Å². The number of ketones is 1. The van der Waals surface area contributed by atoms with Crippen LogP contribution in [0.15, 0.2) is 24.3 Å². The Bertz CT molecular complexity index is 470. The molecule has 0 N–H and O–H groups in total. The van der Waals surface area contributed by atoms with Gasteiger partial charge in [0.2, 0.25) is 5.78 Å². The van der Waals surface area contributed by atoms with E-state index in [-0.39, 0.29) is 5.78 Å². The van der Waals surface area contributed by atoms with Crippen molar-refractivity contribution in [3.05, 3.63) is 35.4 Å². The van der Waals surface area contributed by atoms with Crippen LogP contribution in [0, 0.1) is 0 Å². The highest BCUT2D eigenvalue weighted by Crippen LogP contribution is 2.13. The molecule has 2 nitrogen and oxygen atoms in total. The third-order valence-electron chi connectivity index (χ3n) is 4.71. The van der Waals surface area contributed by atoms with E-state index in [2.05, 4.69) is 40.2 Å². The molecule has 0 aliphatic heterocycles. The quantitative estimate of drug-likeness (QED) is 0.228. The smallest absolute Gasteiger partial charge is 0.216 e. The number of carbonyl (C=O) groups excluding carboxylic acids is 1. The van der Waals surface area contributed by atoms with Gasteiger partial charge >= 0.3 is 0 Å². The minimum atomic E-state index is 0.234. The van der Waals surface area contributed by atoms with Crippen LogP contribution < -0.4 is 0 Å². The molecule has 0 saturated carbocycles. The number of Topliss-reactive ketones (excluding diaryl/α,β-unsaturated/α-hetero) is 1. The zero-order valence-electron chi connectivity index (χ0n) is 17.2. The van der Waals surface area contributed by atoms with Gasteiger partial charge in [-0.05, 0) is 18.4 Å². The minimum Gasteiger partial charge on any atom is -0.324 e. The van der Waals surface area contributed by atoms with Crippen LogP contribution in [0.5, 0.6) is 0 Å². The van der Waals surface area contributed by atoms with Gasteiger partial charge in [-0.3, -0.25) is 4.79 Å². The summed E-state index contributed by atoms with van der Waals surface area (Å²) < 4.78 is 0.680. The van der Waals surface area contributed by atoms with Crippen molar-refractivity contribution in [1.82, 2.24) is 0 Å². The number of carbonyl (C=O) groups is 1. The molecule has 25 heavy (non-hydrogen) atoms. The predicted molar refractivity (Wildman–Crippen MR) is 109 cm³/mol. The van der Waals surface area contributed by atoms with E-state index in [0.29, 0.717) is 11.0 Å². The Morgan fingerprint density at radius 2 is 1.24 bits per heavy atom. The Morgan fingerprint density at radius 1 is 0.760 bits per heavy atom. The average Bonchev–Trinajstić information content (AvgIpc) is 2.55. The van der Waals surface area contributed by atoms with Crippen molar-refractivity contribution in [2.45, 2.75) is 77.6 Å². The lowest BCUT2D eigenvalue weighted by atomic mass is 10.0. The zero-order valence-corrected chi connectivity index (χ0v) is 17.2. The highest BCUT2D eigenvalue weighted by molar-refractivity contribution is 5.97. The van der Waals surface area contributed by atoms with Gasteiger partial charge in [0.25, 0.3) is 0 Å². The molecule has 0 heterocycles. The molecule has 1 aromatic rings. The molecular formula is C23H40NO+. The molecule has 0 bridgehead atoms. The number of hydrogen-bond acceptors (Lipinski definition) is 1. The molecular weight excluding hydrogens is 306 g/mol. The Labute approximate surface area is 156 Å². The van der Waals surface area contributed by atoms with E-state index < -0.39 is 0 Å². The number of likely N-dealkylation sites (N-methyl/N-ethyl adjacent to an activating group) is 1. The standard InChI is InChI=1S/C23H40NO/c1-5-6-7-8-9-10-11-12-13-14-15-21-16-18-22(19-17-21)23(25)20-24(2,3)4/h16-19H,5-15,20H2,1-4H3/q+1. The van der Waals surface area contributed by atoms with Crippen molar-refractivity contribution in [2.75, 3.05) is 27.7 Å². The predicted octanol–water partition coefficient (Wildman–Crippen LogP) is 6.04.